The fraction of sp³-hybridized carbons (Fsp3) is 0.737. The maximum atomic E-state index is 12.5. The Hall–Kier alpha value is -1.77. The molecule has 2 aliphatic rings. The first kappa shape index (κ1) is 21.9. The Morgan fingerprint density at radius 1 is 1.28 bits per heavy atom. The van der Waals surface area contributed by atoms with Crippen LogP contribution in [-0.2, 0) is 18.6 Å². The van der Waals surface area contributed by atoms with Gasteiger partial charge in [0, 0.05) is 6.07 Å². The maximum Gasteiger partial charge on any atom is 0.331 e. The second-order valence-electron chi connectivity index (χ2n) is 9.51. The SMILES string of the molecule is CC1(C)O[C@@H]2[C@H](O1)[C@@H](CO[Si](C)(C)C(C)(C)C)O[C@H]2n1c(C#N)cc(=O)[nH]c1=O. The van der Waals surface area contributed by atoms with Crippen molar-refractivity contribution < 1.29 is 18.6 Å². The zero-order valence-corrected chi connectivity index (χ0v) is 18.9. The summed E-state index contributed by atoms with van der Waals surface area (Å²) in [5, 5.41) is 9.46. The van der Waals surface area contributed by atoms with E-state index < -0.39 is 49.9 Å². The minimum absolute atomic E-state index is 0.0283. The minimum Gasteiger partial charge on any atom is -0.414 e. The van der Waals surface area contributed by atoms with Crippen LogP contribution in [-0.4, -0.2) is 48.6 Å². The predicted molar refractivity (Wildman–Crippen MR) is 107 cm³/mol. The Balaban J connectivity index is 1.93. The molecule has 0 aliphatic carbocycles. The molecule has 3 heterocycles. The molecule has 0 saturated carbocycles. The molecule has 0 bridgehead atoms. The summed E-state index contributed by atoms with van der Waals surface area (Å²) in [7, 11) is -2.03. The van der Waals surface area contributed by atoms with Crippen LogP contribution in [0.15, 0.2) is 15.7 Å². The van der Waals surface area contributed by atoms with Gasteiger partial charge in [0.15, 0.2) is 20.3 Å². The summed E-state index contributed by atoms with van der Waals surface area (Å²) < 4.78 is 25.6. The van der Waals surface area contributed by atoms with Gasteiger partial charge in [-0.1, -0.05) is 20.8 Å². The number of hydrogen-bond acceptors (Lipinski definition) is 7. The Morgan fingerprint density at radius 2 is 1.90 bits per heavy atom. The molecule has 0 radical (unpaired) electrons. The van der Waals surface area contributed by atoms with E-state index in [9.17, 15) is 14.9 Å². The topological polar surface area (TPSA) is 116 Å². The van der Waals surface area contributed by atoms with Crippen LogP contribution in [0.2, 0.25) is 18.1 Å². The molecule has 0 spiro atoms. The molecule has 1 N–H and O–H groups in total. The highest BCUT2D eigenvalue weighted by Gasteiger charge is 2.57. The van der Waals surface area contributed by atoms with Crippen LogP contribution >= 0.6 is 0 Å². The van der Waals surface area contributed by atoms with Crippen molar-refractivity contribution in [2.24, 2.45) is 0 Å². The van der Waals surface area contributed by atoms with E-state index in [1.165, 1.54) is 0 Å². The first-order valence-corrected chi connectivity index (χ1v) is 12.6. The van der Waals surface area contributed by atoms with Gasteiger partial charge in [0.1, 0.15) is 30.1 Å². The molecule has 4 atom stereocenters. The highest BCUT2D eigenvalue weighted by atomic mass is 28.4. The van der Waals surface area contributed by atoms with Gasteiger partial charge < -0.3 is 18.6 Å². The molecule has 0 amide bonds. The second kappa shape index (κ2) is 7.18. The van der Waals surface area contributed by atoms with Gasteiger partial charge in [-0.2, -0.15) is 5.26 Å². The number of nitriles is 1. The van der Waals surface area contributed by atoms with Gasteiger partial charge in [-0.25, -0.2) is 4.79 Å². The molecule has 1 aromatic heterocycles. The molecule has 2 fully saturated rings. The number of nitrogens with zero attached hydrogens (tertiary/aromatic N) is 2. The van der Waals surface area contributed by atoms with Crippen molar-refractivity contribution in [1.82, 2.24) is 9.55 Å². The summed E-state index contributed by atoms with van der Waals surface area (Å²) in [6, 6.07) is 2.96. The average Bonchev–Trinajstić information content (AvgIpc) is 3.04. The third-order valence-corrected chi connectivity index (χ3v) is 10.4. The minimum atomic E-state index is -2.03. The molecule has 10 heteroatoms. The number of rotatable bonds is 4. The highest BCUT2D eigenvalue weighted by Crippen LogP contribution is 2.44. The monoisotopic (exact) mass is 423 g/mol. The Kier molecular flexibility index (Phi) is 5.43. The Morgan fingerprint density at radius 3 is 2.48 bits per heavy atom. The third-order valence-electron chi connectivity index (χ3n) is 5.89. The molecule has 1 aromatic rings. The number of fused-ring (bicyclic) bond motifs is 1. The summed E-state index contributed by atoms with van der Waals surface area (Å²) >= 11 is 0. The molecular formula is C19H29N3O6Si. The lowest BCUT2D eigenvalue weighted by Crippen LogP contribution is -2.44. The Labute approximate surface area is 170 Å². The number of ether oxygens (including phenoxy) is 3. The van der Waals surface area contributed by atoms with Crippen molar-refractivity contribution in [2.75, 3.05) is 6.61 Å². The van der Waals surface area contributed by atoms with Gasteiger partial charge in [-0.15, -0.1) is 0 Å². The molecule has 3 rings (SSSR count). The zero-order valence-electron chi connectivity index (χ0n) is 17.9. The van der Waals surface area contributed by atoms with Crippen LogP contribution in [0.1, 0.15) is 46.5 Å². The van der Waals surface area contributed by atoms with E-state index in [1.54, 1.807) is 13.8 Å². The van der Waals surface area contributed by atoms with Crippen molar-refractivity contribution in [3.8, 4) is 6.07 Å². The first-order chi connectivity index (χ1) is 13.3. The number of aromatic nitrogens is 2. The number of H-pyrrole nitrogens is 1. The van der Waals surface area contributed by atoms with Crippen LogP contribution in [0.4, 0.5) is 0 Å². The van der Waals surface area contributed by atoms with Gasteiger partial charge in [0.2, 0.25) is 0 Å². The van der Waals surface area contributed by atoms with Crippen LogP contribution < -0.4 is 11.2 Å². The van der Waals surface area contributed by atoms with Crippen LogP contribution in [0, 0.1) is 11.3 Å². The quantitative estimate of drug-likeness (QED) is 0.735. The van der Waals surface area contributed by atoms with Crippen molar-refractivity contribution >= 4 is 8.32 Å². The lowest BCUT2D eigenvalue weighted by Gasteiger charge is -2.37. The van der Waals surface area contributed by atoms with Crippen molar-refractivity contribution in [2.45, 2.75) is 83.1 Å². The largest absolute Gasteiger partial charge is 0.414 e. The van der Waals surface area contributed by atoms with Crippen LogP contribution in [0.25, 0.3) is 0 Å². The highest BCUT2D eigenvalue weighted by molar-refractivity contribution is 6.74. The Bertz CT molecular complexity index is 939. The van der Waals surface area contributed by atoms with E-state index in [1.807, 2.05) is 6.07 Å². The van der Waals surface area contributed by atoms with Crippen molar-refractivity contribution in [1.29, 1.82) is 5.26 Å². The normalized spacial score (nSPS) is 28.9. The molecule has 9 nitrogen and oxygen atoms in total. The standard InChI is InChI=1S/C19H29N3O6Si/c1-18(2,3)29(6,7)25-10-12-14-15(28-19(4,5)27-14)16(26-12)22-11(9-20)8-13(23)21-17(22)24/h8,12,14-16H,10H2,1-7H3,(H,21,23,24)/t12-,14-,15-,16-/m1/s1. The second-order valence-corrected chi connectivity index (χ2v) is 14.3. The summed E-state index contributed by atoms with van der Waals surface area (Å²) in [5.74, 6) is -0.870. The molecule has 160 valence electrons. The molecule has 0 unspecified atom stereocenters. The van der Waals surface area contributed by atoms with E-state index in [0.717, 1.165) is 10.6 Å². The third kappa shape index (κ3) is 4.11. The number of nitrogens with one attached hydrogen (secondary N) is 1. The fourth-order valence-electron chi connectivity index (χ4n) is 3.35. The van der Waals surface area contributed by atoms with Crippen molar-refractivity contribution in [3.63, 3.8) is 0 Å². The lowest BCUT2D eigenvalue weighted by molar-refractivity contribution is -0.200. The van der Waals surface area contributed by atoms with E-state index >= 15 is 0 Å². The molecule has 0 aromatic carbocycles. The van der Waals surface area contributed by atoms with E-state index in [2.05, 4.69) is 38.8 Å². The fourth-order valence-corrected chi connectivity index (χ4v) is 4.37. The van der Waals surface area contributed by atoms with Crippen LogP contribution in [0.5, 0.6) is 0 Å². The summed E-state index contributed by atoms with van der Waals surface area (Å²) in [6.45, 7) is 14.6. The molecule has 2 aliphatic heterocycles. The van der Waals surface area contributed by atoms with Gasteiger partial charge in [-0.3, -0.25) is 14.3 Å². The van der Waals surface area contributed by atoms with Crippen LogP contribution in [0.3, 0.4) is 0 Å². The summed E-state index contributed by atoms with van der Waals surface area (Å²) in [4.78, 5) is 26.3. The first-order valence-electron chi connectivity index (χ1n) is 9.67. The smallest absolute Gasteiger partial charge is 0.331 e. The molecule has 2 saturated heterocycles. The predicted octanol–water partition coefficient (Wildman–Crippen LogP) is 1.85. The van der Waals surface area contributed by atoms with E-state index in [-0.39, 0.29) is 17.3 Å². The van der Waals surface area contributed by atoms with Gasteiger partial charge in [0.05, 0.1) is 6.61 Å². The summed E-state index contributed by atoms with van der Waals surface area (Å²) in [5.41, 5.74) is -1.46. The van der Waals surface area contributed by atoms with Crippen molar-refractivity contribution in [3.05, 3.63) is 32.6 Å². The maximum absolute atomic E-state index is 12.5. The average molecular weight is 424 g/mol. The molecular weight excluding hydrogens is 394 g/mol. The zero-order chi connectivity index (χ0) is 21.8. The van der Waals surface area contributed by atoms with Gasteiger partial charge in [0.25, 0.3) is 5.56 Å². The van der Waals surface area contributed by atoms with Gasteiger partial charge in [-0.05, 0) is 32.0 Å². The van der Waals surface area contributed by atoms with E-state index in [0.29, 0.717) is 0 Å². The number of hydrogen-bond donors (Lipinski definition) is 1. The van der Waals surface area contributed by atoms with E-state index in [4.69, 9.17) is 18.6 Å². The summed E-state index contributed by atoms with van der Waals surface area (Å²) in [6.07, 6.45) is -2.47. The van der Waals surface area contributed by atoms with Gasteiger partial charge >= 0.3 is 5.69 Å². The lowest BCUT2D eigenvalue weighted by atomic mass is 10.1. The number of aromatic amines is 1. The molecule has 29 heavy (non-hydrogen) atoms.